The van der Waals surface area contributed by atoms with E-state index in [0.717, 1.165) is 33.1 Å². The van der Waals surface area contributed by atoms with Gasteiger partial charge < -0.3 is 5.32 Å². The van der Waals surface area contributed by atoms with E-state index in [2.05, 4.69) is 21.2 Å². The van der Waals surface area contributed by atoms with Crippen molar-refractivity contribution in [1.29, 1.82) is 0 Å². The molecule has 1 N–H and O–H groups in total. The normalized spacial score (nSPS) is 19.9. The van der Waals surface area contributed by atoms with E-state index in [0.29, 0.717) is 26.8 Å². The molecule has 3 aromatic carbocycles. The molecule has 0 bridgehead atoms. The summed E-state index contributed by atoms with van der Waals surface area (Å²) < 4.78 is 16.0. The van der Waals surface area contributed by atoms with E-state index in [1.807, 2.05) is 19.1 Å². The van der Waals surface area contributed by atoms with Gasteiger partial charge in [-0.3, -0.25) is 23.7 Å². The first-order valence-electron chi connectivity index (χ1n) is 12.4. The number of rotatable bonds is 5. The van der Waals surface area contributed by atoms with Gasteiger partial charge in [-0.05, 0) is 61.0 Å². The summed E-state index contributed by atoms with van der Waals surface area (Å²) in [5.41, 5.74) is 2.72. The highest BCUT2D eigenvalue weighted by atomic mass is 79.9. The summed E-state index contributed by atoms with van der Waals surface area (Å²) in [6.45, 7) is 1.69. The molecule has 4 aromatic rings. The number of nitrogens with zero attached hydrogens (tertiary/aromatic N) is 2. The maximum absolute atomic E-state index is 13.9. The van der Waals surface area contributed by atoms with Crippen molar-refractivity contribution in [2.75, 3.05) is 10.2 Å². The van der Waals surface area contributed by atoms with Crippen molar-refractivity contribution >= 4 is 68.1 Å². The average Bonchev–Trinajstić information content (AvgIpc) is 3.37. The number of fused-ring (bicyclic) bond motifs is 2. The number of halogens is 2. The van der Waals surface area contributed by atoms with Gasteiger partial charge in [0.2, 0.25) is 17.7 Å². The monoisotopic (exact) mass is 637 g/mol. The third-order valence-corrected chi connectivity index (χ3v) is 10.1. The van der Waals surface area contributed by atoms with Crippen molar-refractivity contribution in [2.24, 2.45) is 5.92 Å². The summed E-state index contributed by atoms with van der Waals surface area (Å²) in [6.07, 6.45) is 0. The third-order valence-electron chi connectivity index (χ3n) is 7.00. The van der Waals surface area contributed by atoms with E-state index in [1.165, 1.54) is 21.6 Å². The molecule has 0 spiro atoms. The molecule has 3 heterocycles. The van der Waals surface area contributed by atoms with Crippen LogP contribution in [0, 0.1) is 18.7 Å². The molecule has 202 valence electrons. The summed E-state index contributed by atoms with van der Waals surface area (Å²) in [5, 5.41) is 2.46. The van der Waals surface area contributed by atoms with Crippen molar-refractivity contribution < 1.29 is 18.8 Å². The van der Waals surface area contributed by atoms with Crippen molar-refractivity contribution in [1.82, 2.24) is 4.57 Å². The minimum absolute atomic E-state index is 0.252. The van der Waals surface area contributed by atoms with Crippen LogP contribution in [-0.2, 0) is 20.9 Å². The van der Waals surface area contributed by atoms with Crippen LogP contribution in [0.2, 0.25) is 0 Å². The minimum atomic E-state index is -0.820. The molecule has 7 nitrogen and oxygen atoms in total. The zero-order valence-electron chi connectivity index (χ0n) is 21.0. The maximum Gasteiger partial charge on any atom is 0.308 e. The lowest BCUT2D eigenvalue weighted by Crippen LogP contribution is -2.33. The van der Waals surface area contributed by atoms with Crippen molar-refractivity contribution in [3.63, 3.8) is 0 Å². The fourth-order valence-corrected chi connectivity index (χ4v) is 8.15. The Hall–Kier alpha value is -3.54. The molecule has 0 unspecified atom stereocenters. The Labute approximate surface area is 245 Å². The predicted molar refractivity (Wildman–Crippen MR) is 156 cm³/mol. The fourth-order valence-electron chi connectivity index (χ4n) is 5.11. The molecular weight excluding hydrogens is 617 g/mol. The fraction of sp³-hybridized carbons (Fsp3) is 0.172. The molecule has 0 aliphatic carbocycles. The van der Waals surface area contributed by atoms with Crippen molar-refractivity contribution in [2.45, 2.75) is 29.7 Å². The second kappa shape index (κ2) is 10.5. The van der Waals surface area contributed by atoms with Gasteiger partial charge in [0.1, 0.15) is 17.6 Å². The van der Waals surface area contributed by atoms with Gasteiger partial charge >= 0.3 is 4.87 Å². The lowest BCUT2D eigenvalue weighted by molar-refractivity contribution is -0.122. The Morgan fingerprint density at radius 3 is 2.30 bits per heavy atom. The van der Waals surface area contributed by atoms with E-state index in [4.69, 9.17) is 0 Å². The highest BCUT2D eigenvalue weighted by Gasteiger charge is 2.56. The number of benzene rings is 3. The van der Waals surface area contributed by atoms with Gasteiger partial charge in [-0.1, -0.05) is 68.9 Å². The predicted octanol–water partition coefficient (Wildman–Crippen LogP) is 5.55. The molecule has 6 rings (SSSR count). The van der Waals surface area contributed by atoms with E-state index >= 15 is 0 Å². The molecule has 40 heavy (non-hydrogen) atoms. The number of nitrogens with one attached hydrogen (secondary N) is 1. The Kier molecular flexibility index (Phi) is 6.97. The first-order valence-corrected chi connectivity index (χ1v) is 14.9. The number of thiazole rings is 1. The third kappa shape index (κ3) is 4.71. The molecule has 0 saturated carbocycles. The summed E-state index contributed by atoms with van der Waals surface area (Å²) in [7, 11) is 0. The largest absolute Gasteiger partial charge is 0.325 e. The SMILES string of the molecule is Cc1ccc(NC(=O)Cn2c3c(sc2=O)[C@@H](c2ccc(F)cc2)[C@H]2C(=O)N(c4ccc(Br)cc4)C(=O)[C@H]2S3)cc1. The first-order chi connectivity index (χ1) is 19.2. The van der Waals surface area contributed by atoms with Gasteiger partial charge in [-0.25, -0.2) is 9.29 Å². The zero-order chi connectivity index (χ0) is 28.1. The number of hydrogen-bond acceptors (Lipinski definition) is 6. The second-order valence-electron chi connectivity index (χ2n) is 9.62. The number of anilines is 2. The number of hydrogen-bond donors (Lipinski definition) is 1. The summed E-state index contributed by atoms with van der Waals surface area (Å²) in [4.78, 5) is 55.2. The lowest BCUT2D eigenvalue weighted by Gasteiger charge is -2.30. The standard InChI is InChI=1S/C29H21BrFN3O4S2/c1-15-2-10-19(11-3-15)32-21(35)14-33-28-25(40-29(33)38)22(16-4-8-18(31)9-5-16)23-24(39-28)27(37)34(26(23)36)20-12-6-17(30)7-13-20/h2-13,22-24H,14H2,1H3,(H,32,35)/t22-,23+,24-/m0/s1. The van der Waals surface area contributed by atoms with E-state index in [-0.39, 0.29) is 17.3 Å². The van der Waals surface area contributed by atoms with Crippen molar-refractivity contribution in [3.8, 4) is 0 Å². The van der Waals surface area contributed by atoms with Gasteiger partial charge in [-0.15, -0.1) is 0 Å². The molecule has 2 aliphatic rings. The van der Waals surface area contributed by atoms with Crippen LogP contribution in [0.25, 0.3) is 0 Å². The molecular formula is C29H21BrFN3O4S2. The number of aryl methyl sites for hydroxylation is 1. The molecule has 2 aliphatic heterocycles. The zero-order valence-corrected chi connectivity index (χ0v) is 24.2. The van der Waals surface area contributed by atoms with Crippen LogP contribution in [0.3, 0.4) is 0 Å². The Morgan fingerprint density at radius 1 is 0.950 bits per heavy atom. The molecule has 3 amide bonds. The summed E-state index contributed by atoms with van der Waals surface area (Å²) >= 11 is 5.47. The minimum Gasteiger partial charge on any atom is -0.325 e. The Morgan fingerprint density at radius 2 is 1.62 bits per heavy atom. The van der Waals surface area contributed by atoms with Gasteiger partial charge in [0.05, 0.1) is 16.6 Å². The van der Waals surface area contributed by atoms with Crippen LogP contribution >= 0.6 is 39.0 Å². The van der Waals surface area contributed by atoms with Gasteiger partial charge in [-0.2, -0.15) is 0 Å². The van der Waals surface area contributed by atoms with Crippen molar-refractivity contribution in [3.05, 3.63) is 109 Å². The molecule has 3 atom stereocenters. The van der Waals surface area contributed by atoms with Gasteiger partial charge in [0.15, 0.2) is 0 Å². The average molecular weight is 639 g/mol. The number of imide groups is 1. The lowest BCUT2D eigenvalue weighted by atomic mass is 9.83. The summed E-state index contributed by atoms with van der Waals surface area (Å²) in [5.74, 6) is -3.05. The molecule has 11 heteroatoms. The Bertz CT molecular complexity index is 1700. The van der Waals surface area contributed by atoms with Gasteiger partial charge in [0.25, 0.3) is 0 Å². The van der Waals surface area contributed by atoms with Crippen LogP contribution in [0.15, 0.2) is 87.1 Å². The molecule has 1 saturated heterocycles. The van der Waals surface area contributed by atoms with E-state index in [1.54, 1.807) is 48.5 Å². The molecule has 1 aromatic heterocycles. The summed E-state index contributed by atoms with van der Waals surface area (Å²) in [6, 6.07) is 20.0. The van der Waals surface area contributed by atoms with E-state index < -0.39 is 34.7 Å². The van der Waals surface area contributed by atoms with Crippen LogP contribution in [0.5, 0.6) is 0 Å². The second-order valence-corrected chi connectivity index (χ2v) is 12.7. The molecule has 0 radical (unpaired) electrons. The van der Waals surface area contributed by atoms with Gasteiger partial charge in [0, 0.05) is 21.0 Å². The Balaban J connectivity index is 1.40. The van der Waals surface area contributed by atoms with E-state index in [9.17, 15) is 23.6 Å². The number of aromatic nitrogens is 1. The smallest absolute Gasteiger partial charge is 0.308 e. The van der Waals surface area contributed by atoms with Crippen LogP contribution < -0.4 is 15.1 Å². The highest BCUT2D eigenvalue weighted by molar-refractivity contribution is 9.10. The maximum atomic E-state index is 13.9. The number of carbonyl (C=O) groups excluding carboxylic acids is 3. The topological polar surface area (TPSA) is 88.5 Å². The number of thioether (sulfide) groups is 1. The van der Waals surface area contributed by atoms with Crippen LogP contribution in [-0.4, -0.2) is 27.5 Å². The number of amides is 3. The van der Waals surface area contributed by atoms with Crippen LogP contribution in [0.4, 0.5) is 15.8 Å². The number of carbonyl (C=O) groups is 3. The quantitative estimate of drug-likeness (QED) is 0.290. The highest BCUT2D eigenvalue weighted by Crippen LogP contribution is 2.53. The first kappa shape index (κ1) is 26.7. The van der Waals surface area contributed by atoms with Crippen LogP contribution in [0.1, 0.15) is 21.9 Å². The molecule has 1 fully saturated rings.